The van der Waals surface area contributed by atoms with Gasteiger partial charge in [-0.2, -0.15) is 0 Å². The fraction of sp³-hybridized carbons (Fsp3) is 0.308. The third-order valence-electron chi connectivity index (χ3n) is 5.19. The van der Waals surface area contributed by atoms with Crippen molar-refractivity contribution in [2.75, 3.05) is 39.6 Å². The molecule has 0 bridgehead atoms. The summed E-state index contributed by atoms with van der Waals surface area (Å²) in [5.74, 6) is 0.293. The van der Waals surface area contributed by atoms with Gasteiger partial charge in [0.25, 0.3) is 5.91 Å². The number of ether oxygens (including phenoxy) is 2. The van der Waals surface area contributed by atoms with Crippen LogP contribution in [0.1, 0.15) is 24.0 Å². The van der Waals surface area contributed by atoms with Crippen molar-refractivity contribution < 1.29 is 14.3 Å². The Morgan fingerprint density at radius 1 is 1.09 bits per heavy atom. The number of nitrogens with one attached hydrogen (secondary N) is 2. The number of carbonyl (C=O) groups is 1. The summed E-state index contributed by atoms with van der Waals surface area (Å²) in [6.45, 7) is 2.25. The highest BCUT2D eigenvalue weighted by atomic mass is 16.5. The minimum absolute atomic E-state index is 0.0285. The summed E-state index contributed by atoms with van der Waals surface area (Å²) in [7, 11) is 4.04. The number of likely N-dealkylation sites (N-methyl/N-ethyl adjacent to an activating group) is 1. The zero-order valence-electron chi connectivity index (χ0n) is 19.3. The summed E-state index contributed by atoms with van der Waals surface area (Å²) in [5.41, 5.74) is 10.0. The van der Waals surface area contributed by atoms with Crippen LogP contribution in [-0.2, 0) is 16.1 Å². The third kappa shape index (κ3) is 7.59. The lowest BCUT2D eigenvalue weighted by Crippen LogP contribution is -2.32. The van der Waals surface area contributed by atoms with Gasteiger partial charge >= 0.3 is 0 Å². The summed E-state index contributed by atoms with van der Waals surface area (Å²) in [5, 5.41) is 10.9. The SMILES string of the molecule is CN(C)CC1=CC=C(C(=O)NC(=N)c2ccc(OCCOCc3ccccc3)cc2N)CC1. The third-order valence-corrected chi connectivity index (χ3v) is 5.19. The molecule has 0 radical (unpaired) electrons. The van der Waals surface area contributed by atoms with Gasteiger partial charge in [-0.1, -0.05) is 48.1 Å². The molecule has 0 fully saturated rings. The topological polar surface area (TPSA) is 101 Å². The first-order chi connectivity index (χ1) is 15.9. The van der Waals surface area contributed by atoms with Gasteiger partial charge in [0.05, 0.1) is 13.2 Å². The van der Waals surface area contributed by atoms with Crippen LogP contribution in [0.5, 0.6) is 5.75 Å². The number of nitrogens with zero attached hydrogens (tertiary/aromatic N) is 1. The lowest BCUT2D eigenvalue weighted by molar-refractivity contribution is -0.116. The van der Waals surface area contributed by atoms with E-state index in [9.17, 15) is 4.79 Å². The van der Waals surface area contributed by atoms with Crippen LogP contribution in [0.15, 0.2) is 71.8 Å². The van der Waals surface area contributed by atoms with Crippen molar-refractivity contribution in [3.8, 4) is 5.75 Å². The summed E-state index contributed by atoms with van der Waals surface area (Å²) in [6.07, 6.45) is 5.33. The number of rotatable bonds is 10. The lowest BCUT2D eigenvalue weighted by Gasteiger charge is -2.18. The number of benzene rings is 2. The minimum atomic E-state index is -0.268. The molecule has 33 heavy (non-hydrogen) atoms. The Balaban J connectivity index is 1.46. The smallest absolute Gasteiger partial charge is 0.252 e. The van der Waals surface area contributed by atoms with E-state index in [1.165, 1.54) is 5.57 Å². The van der Waals surface area contributed by atoms with Crippen LogP contribution >= 0.6 is 0 Å². The molecule has 1 amide bonds. The van der Waals surface area contributed by atoms with E-state index in [-0.39, 0.29) is 11.7 Å². The molecule has 0 aromatic heterocycles. The van der Waals surface area contributed by atoms with Crippen molar-refractivity contribution >= 4 is 17.4 Å². The largest absolute Gasteiger partial charge is 0.491 e. The summed E-state index contributed by atoms with van der Waals surface area (Å²) >= 11 is 0. The van der Waals surface area contributed by atoms with Gasteiger partial charge in [-0.3, -0.25) is 10.2 Å². The standard InChI is InChI=1S/C26H32N4O3/c1-30(2)17-19-8-10-21(11-9-19)26(31)29-25(28)23-13-12-22(16-24(23)27)33-15-14-32-18-20-6-4-3-5-7-20/h3-8,10,12-13,16H,9,11,14-15,17-18,27H2,1-2H3,(H2,28,29,31). The van der Waals surface area contributed by atoms with Crippen LogP contribution in [0.3, 0.4) is 0 Å². The molecule has 3 rings (SSSR count). The second-order valence-corrected chi connectivity index (χ2v) is 8.22. The van der Waals surface area contributed by atoms with E-state index in [2.05, 4.69) is 10.2 Å². The number of nitrogens with two attached hydrogens (primary N) is 1. The van der Waals surface area contributed by atoms with Crippen molar-refractivity contribution in [2.45, 2.75) is 19.4 Å². The minimum Gasteiger partial charge on any atom is -0.491 e. The van der Waals surface area contributed by atoms with Gasteiger partial charge in [0, 0.05) is 29.4 Å². The zero-order valence-corrected chi connectivity index (χ0v) is 19.3. The number of hydrogen-bond donors (Lipinski definition) is 3. The molecule has 0 atom stereocenters. The Morgan fingerprint density at radius 2 is 1.88 bits per heavy atom. The van der Waals surface area contributed by atoms with Crippen LogP contribution in [0.4, 0.5) is 5.69 Å². The maximum absolute atomic E-state index is 12.6. The van der Waals surface area contributed by atoms with Crippen LogP contribution in [0, 0.1) is 5.41 Å². The lowest BCUT2D eigenvalue weighted by atomic mass is 9.97. The molecule has 0 saturated carbocycles. The molecule has 1 aliphatic carbocycles. The molecule has 174 valence electrons. The average molecular weight is 449 g/mol. The van der Waals surface area contributed by atoms with Crippen LogP contribution in [0.2, 0.25) is 0 Å². The van der Waals surface area contributed by atoms with Crippen molar-refractivity contribution in [1.82, 2.24) is 10.2 Å². The average Bonchev–Trinajstić information content (AvgIpc) is 2.79. The van der Waals surface area contributed by atoms with Crippen molar-refractivity contribution in [1.29, 1.82) is 5.41 Å². The maximum Gasteiger partial charge on any atom is 0.252 e. The van der Waals surface area contributed by atoms with E-state index in [0.717, 1.165) is 18.5 Å². The first-order valence-corrected chi connectivity index (χ1v) is 11.0. The molecule has 0 unspecified atom stereocenters. The van der Waals surface area contributed by atoms with Gasteiger partial charge in [0.1, 0.15) is 18.2 Å². The molecular formula is C26H32N4O3. The number of carbonyl (C=O) groups excluding carboxylic acids is 1. The van der Waals surface area contributed by atoms with E-state index < -0.39 is 0 Å². The Bertz CT molecular complexity index is 1030. The Kier molecular flexibility index (Phi) is 8.80. The first-order valence-electron chi connectivity index (χ1n) is 11.0. The summed E-state index contributed by atoms with van der Waals surface area (Å²) in [4.78, 5) is 14.7. The van der Waals surface area contributed by atoms with E-state index in [1.807, 2.05) is 56.6 Å². The number of anilines is 1. The van der Waals surface area contributed by atoms with E-state index in [0.29, 0.717) is 48.8 Å². The molecular weight excluding hydrogens is 416 g/mol. The normalized spacial score (nSPS) is 13.3. The monoisotopic (exact) mass is 448 g/mol. The molecule has 0 spiro atoms. The number of amidine groups is 1. The Morgan fingerprint density at radius 3 is 2.55 bits per heavy atom. The van der Waals surface area contributed by atoms with E-state index in [4.69, 9.17) is 20.6 Å². The predicted octanol–water partition coefficient (Wildman–Crippen LogP) is 3.51. The van der Waals surface area contributed by atoms with Gasteiger partial charge in [-0.15, -0.1) is 0 Å². The molecule has 0 aliphatic heterocycles. The highest BCUT2D eigenvalue weighted by Gasteiger charge is 2.17. The van der Waals surface area contributed by atoms with E-state index in [1.54, 1.807) is 18.2 Å². The highest BCUT2D eigenvalue weighted by molar-refractivity contribution is 6.13. The number of amides is 1. The van der Waals surface area contributed by atoms with Gasteiger partial charge in [0.15, 0.2) is 0 Å². The quantitative estimate of drug-likeness (QED) is 0.223. The first kappa shape index (κ1) is 24.2. The summed E-state index contributed by atoms with van der Waals surface area (Å²) < 4.78 is 11.3. The molecule has 7 nitrogen and oxygen atoms in total. The van der Waals surface area contributed by atoms with Crippen LogP contribution in [0.25, 0.3) is 0 Å². The van der Waals surface area contributed by atoms with Gasteiger partial charge in [0.2, 0.25) is 0 Å². The molecule has 1 aliphatic rings. The molecule has 4 N–H and O–H groups in total. The second kappa shape index (κ2) is 12.0. The van der Waals surface area contributed by atoms with Crippen molar-refractivity contribution in [3.63, 3.8) is 0 Å². The fourth-order valence-corrected chi connectivity index (χ4v) is 3.51. The Labute approximate surface area is 195 Å². The molecule has 2 aromatic carbocycles. The van der Waals surface area contributed by atoms with Crippen LogP contribution < -0.4 is 15.8 Å². The van der Waals surface area contributed by atoms with Crippen molar-refractivity contribution in [2.24, 2.45) is 0 Å². The molecule has 0 saturated heterocycles. The second-order valence-electron chi connectivity index (χ2n) is 8.22. The van der Waals surface area contributed by atoms with E-state index >= 15 is 0 Å². The molecule has 7 heteroatoms. The number of hydrogen-bond acceptors (Lipinski definition) is 6. The maximum atomic E-state index is 12.6. The number of nitrogen functional groups attached to an aromatic ring is 1. The molecule has 2 aromatic rings. The Hall–Kier alpha value is -3.42. The highest BCUT2D eigenvalue weighted by Crippen LogP contribution is 2.22. The van der Waals surface area contributed by atoms with Gasteiger partial charge in [-0.05, 0) is 44.6 Å². The van der Waals surface area contributed by atoms with Crippen LogP contribution in [-0.4, -0.2) is 50.5 Å². The van der Waals surface area contributed by atoms with Crippen molar-refractivity contribution in [3.05, 3.63) is 83.0 Å². The summed E-state index contributed by atoms with van der Waals surface area (Å²) in [6, 6.07) is 15.0. The number of allylic oxidation sites excluding steroid dienone is 2. The van der Waals surface area contributed by atoms with Gasteiger partial charge < -0.3 is 25.4 Å². The van der Waals surface area contributed by atoms with Gasteiger partial charge in [-0.25, -0.2) is 0 Å². The fourth-order valence-electron chi connectivity index (χ4n) is 3.51. The predicted molar refractivity (Wildman–Crippen MR) is 131 cm³/mol. The molecule has 0 heterocycles. The zero-order chi connectivity index (χ0) is 23.6.